The van der Waals surface area contributed by atoms with Crippen molar-refractivity contribution in [2.75, 3.05) is 18.6 Å². The lowest BCUT2D eigenvalue weighted by Gasteiger charge is -2.37. The van der Waals surface area contributed by atoms with Crippen molar-refractivity contribution in [2.24, 2.45) is 0 Å². The number of aliphatic hydroxyl groups is 1. The van der Waals surface area contributed by atoms with E-state index in [0.29, 0.717) is 0 Å². The number of carbonyl (C=O) groups is 1. The number of rotatable bonds is 13. The molecule has 0 amide bonds. The number of benzene rings is 22. The van der Waals surface area contributed by atoms with Gasteiger partial charge in [-0.3, -0.25) is 17.7 Å². The molecule has 3 nitrogen and oxygen atoms in total. The first-order valence-corrected chi connectivity index (χ1v) is 49.4. The van der Waals surface area contributed by atoms with Gasteiger partial charge in [-0.2, -0.15) is 0 Å². The van der Waals surface area contributed by atoms with Gasteiger partial charge in [-0.1, -0.05) is 439 Å². The molecule has 1 heterocycles. The number of hydrogen-bond acceptors (Lipinski definition) is 3. The summed E-state index contributed by atoms with van der Waals surface area (Å²) in [7, 11) is -3.67. The number of alkyl halides is 2. The maximum Gasteiger partial charge on any atom is 0.762 e. The number of fused-ring (bicyclic) bond motifs is 4. The zero-order chi connectivity index (χ0) is 96.4. The molecule has 26 rings (SSSR count). The highest BCUT2D eigenvalue weighted by atomic mass is 35.5. The van der Waals surface area contributed by atoms with E-state index in [1.54, 1.807) is 0 Å². The number of ether oxygens (including phenoxy) is 1. The van der Waals surface area contributed by atoms with Gasteiger partial charge in [0.1, 0.15) is 0 Å². The quantitative estimate of drug-likeness (QED) is 0.0542. The van der Waals surface area contributed by atoms with Crippen LogP contribution in [0.2, 0.25) is 0 Å². The van der Waals surface area contributed by atoms with Gasteiger partial charge in [0.25, 0.3) is 0 Å². The van der Waals surface area contributed by atoms with Crippen molar-refractivity contribution in [3.05, 3.63) is 487 Å². The van der Waals surface area contributed by atoms with Crippen LogP contribution >= 0.6 is 23.2 Å². The van der Waals surface area contributed by atoms with Gasteiger partial charge >= 0.3 is 7.54 Å². The molecular weight excluding hydrogens is 1770 g/mol. The van der Waals surface area contributed by atoms with Crippen molar-refractivity contribution in [3.8, 4) is 111 Å². The second kappa shape index (κ2) is 39.9. The molecule has 2 unspecified atom stereocenters. The van der Waals surface area contributed by atoms with E-state index in [2.05, 4.69) is 432 Å². The Kier molecular flexibility index (Phi) is 26.0. The highest BCUT2D eigenvalue weighted by Gasteiger charge is 2.42. The normalized spacial score (nSPS) is 14.0. The van der Waals surface area contributed by atoms with Crippen LogP contribution in [0.3, 0.4) is 0 Å². The van der Waals surface area contributed by atoms with Crippen LogP contribution in [0.25, 0.3) is 204 Å². The molecule has 22 aromatic carbocycles. The summed E-state index contributed by atoms with van der Waals surface area (Å²) in [6.45, 7) is 10.6. The van der Waals surface area contributed by atoms with E-state index in [0.717, 1.165) is 52.9 Å². The van der Waals surface area contributed by atoms with E-state index >= 15 is 0 Å². The van der Waals surface area contributed by atoms with Gasteiger partial charge in [0, 0.05) is 36.0 Å². The van der Waals surface area contributed by atoms with Gasteiger partial charge in [0.2, 0.25) is 0 Å². The largest absolute Gasteiger partial charge is 0.762 e. The molecule has 0 radical (unpaired) electrons. The first-order valence-electron chi connectivity index (χ1n) is 48.3. The van der Waals surface area contributed by atoms with Gasteiger partial charge in [-0.05, 0) is 288 Å². The Hall–Kier alpha value is -15.3. The summed E-state index contributed by atoms with van der Waals surface area (Å²) in [5.41, 5.74) is 35.6. The summed E-state index contributed by atoms with van der Waals surface area (Å²) >= 11 is 9.53. The molecule has 1 saturated heterocycles. The van der Waals surface area contributed by atoms with Crippen molar-refractivity contribution in [1.29, 1.82) is 0 Å². The minimum Gasteiger partial charge on any atom is -0.386 e. The van der Waals surface area contributed by atoms with E-state index in [1.165, 1.54) is 222 Å². The van der Waals surface area contributed by atoms with Crippen LogP contribution in [0, 0.1) is 0 Å². The number of halogens is 5. The van der Waals surface area contributed by atoms with E-state index in [-0.39, 0.29) is 22.6 Å². The molecule has 141 heavy (non-hydrogen) atoms. The number of carbonyl (C=O) groups excluding carboxylic acids is 1. The van der Waals surface area contributed by atoms with Crippen molar-refractivity contribution < 1.29 is 27.6 Å². The van der Waals surface area contributed by atoms with E-state index < -0.39 is 13.1 Å². The highest BCUT2D eigenvalue weighted by Crippen LogP contribution is 2.61. The molecule has 9 heteroatoms. The standard InChI is InChI=1S/C43H32O.C43H30.C41H28O.C4H8O.CH2Cl2.BF3/c1-43(2,44)39-21-13-12-20-32(39)38-26-31-22-23-33-36(28-14-6-3-7-15-28)27-37(29-16-8-4-9-17-29)34-24-25-35(41(31)42(33)34)40(38)30-18-10-5-11-19-30;1-43(2)37-21-13-12-20-32(37)41-38(29-18-10-5-11-19-29)33-24-22-30-35(27-14-6-3-7-15-27)26-36(28-16-8-4-9-17-28)31-23-25-34(42(41)43)40(33)39(30)31;42-26-31-18-10-11-19-32(31)38-24-30-20-21-33-36(27-12-4-1-5-13-27)25-37(28-14-6-2-7-15-28)34-22-23-35(40(30)41(33)34)39(38)29-16-8-3-9-17-29;1-2-4-5-3-1;2-1-3;2-1(3)4/h3-27,44H,1-2H3;3-26H,1-2H3;1-26,35,39H;1-4H2;1H2;. The fourth-order valence-electron chi connectivity index (χ4n) is 22.7. The predicted octanol–water partition coefficient (Wildman–Crippen LogP) is 36.9. The topological polar surface area (TPSA) is 46.5 Å². The second-order valence-corrected chi connectivity index (χ2v) is 38.3. The summed E-state index contributed by atoms with van der Waals surface area (Å²) in [4.78, 5) is 12.2. The van der Waals surface area contributed by atoms with Crippen LogP contribution < -0.4 is 0 Å². The molecule has 0 aromatic heterocycles. The Morgan fingerprint density at radius 3 is 1.20 bits per heavy atom. The van der Waals surface area contributed by atoms with E-state index in [1.807, 2.05) is 44.2 Å². The van der Waals surface area contributed by atoms with Crippen LogP contribution in [0.5, 0.6) is 0 Å². The molecule has 1 aliphatic heterocycles. The molecule has 0 spiro atoms. The van der Waals surface area contributed by atoms with Crippen molar-refractivity contribution in [1.82, 2.24) is 0 Å². The third-order valence-corrected chi connectivity index (χ3v) is 28.6. The summed E-state index contributed by atoms with van der Waals surface area (Å²) in [6.07, 6.45) is 10.6. The van der Waals surface area contributed by atoms with Crippen LogP contribution in [0.1, 0.15) is 107 Å². The SMILES string of the molecule is C1CCOC1.CC(C)(O)c1ccccc1-c1cc2ccc3c(-c4ccccc4)cc(-c4ccccc4)c4ccc(c1-c1ccccc1)c2c34.CC1(C)c2ccccc2-c2c(-c3ccccc3)c3ccc4c(-c5ccccc5)cc(-c5ccccc5)c5ccc(c21)c3c45.ClCCl.FB(F)F.O=Cc1ccccc1C1=Cc2ccc3c(-c4ccccc4)cc(-c4ccccc4)c4c3c2C(C=C4)C1c1ccccc1. The predicted molar refractivity (Wildman–Crippen MR) is 592 cm³/mol. The fraction of sp³-hybridized carbons (Fsp3) is 0.0985. The van der Waals surface area contributed by atoms with Gasteiger partial charge in [-0.25, -0.2) is 0 Å². The lowest BCUT2D eigenvalue weighted by atomic mass is 9.65. The number of hydrogen-bond donors (Lipinski definition) is 1. The first kappa shape index (κ1) is 92.1. The molecule has 684 valence electrons. The zero-order valence-electron chi connectivity index (χ0n) is 78.7. The van der Waals surface area contributed by atoms with Crippen LogP contribution in [0.4, 0.5) is 12.9 Å². The molecule has 1 fully saturated rings. The Bertz CT molecular complexity index is 8280. The van der Waals surface area contributed by atoms with E-state index in [4.69, 9.17) is 27.9 Å². The number of allylic oxidation sites excluding steroid dienone is 2. The summed E-state index contributed by atoms with van der Waals surface area (Å²) < 4.78 is 33.9. The minimum atomic E-state index is -3.67. The monoisotopic (exact) mass is 1870 g/mol. The van der Waals surface area contributed by atoms with Gasteiger partial charge in [0.05, 0.1) is 10.9 Å². The third kappa shape index (κ3) is 17.4. The summed E-state index contributed by atoms with van der Waals surface area (Å²) in [6, 6.07) is 155. The highest BCUT2D eigenvalue weighted by molar-refractivity contribution is 6.40. The molecule has 4 aliphatic rings. The Labute approximate surface area is 831 Å². The summed E-state index contributed by atoms with van der Waals surface area (Å²) in [5.74, 6) is 0.211. The fourth-order valence-corrected chi connectivity index (χ4v) is 22.7. The molecule has 0 saturated carbocycles. The third-order valence-electron chi connectivity index (χ3n) is 28.6. The molecule has 2 atom stereocenters. The minimum absolute atomic E-state index is 0.0790. The van der Waals surface area contributed by atoms with Crippen LogP contribution in [0.15, 0.2) is 437 Å². The summed E-state index contributed by atoms with van der Waals surface area (Å²) in [5, 5.41) is 29.6. The van der Waals surface area contributed by atoms with E-state index in [9.17, 15) is 22.8 Å². The lowest BCUT2D eigenvalue weighted by molar-refractivity contribution is 0.0792. The maximum absolute atomic E-state index is 12.2. The smallest absolute Gasteiger partial charge is 0.386 e. The lowest BCUT2D eigenvalue weighted by Crippen LogP contribution is -2.19. The second-order valence-electron chi connectivity index (χ2n) is 37.5. The maximum atomic E-state index is 12.2. The molecule has 3 aliphatic carbocycles. The average Bonchev–Trinajstić information content (AvgIpc) is 0.985. The van der Waals surface area contributed by atoms with Gasteiger partial charge in [0.15, 0.2) is 6.29 Å². The van der Waals surface area contributed by atoms with Gasteiger partial charge < -0.3 is 9.84 Å². The molecule has 22 aromatic rings. The van der Waals surface area contributed by atoms with Crippen molar-refractivity contribution >= 4 is 130 Å². The average molecular weight is 1870 g/mol. The van der Waals surface area contributed by atoms with Crippen molar-refractivity contribution in [2.45, 2.75) is 63.4 Å². The first-order chi connectivity index (χ1) is 69.1. The Balaban J connectivity index is 0.000000118. The van der Waals surface area contributed by atoms with Gasteiger partial charge in [-0.15, -0.1) is 23.2 Å². The Morgan fingerprint density at radius 2 is 0.730 bits per heavy atom. The Morgan fingerprint density at radius 1 is 0.369 bits per heavy atom. The van der Waals surface area contributed by atoms with Crippen molar-refractivity contribution in [3.63, 3.8) is 0 Å². The van der Waals surface area contributed by atoms with Crippen LogP contribution in [-0.2, 0) is 15.8 Å². The molecule has 1 N–H and O–H groups in total. The zero-order valence-corrected chi connectivity index (χ0v) is 80.2. The molecular formula is C132H100BCl2F3O3. The molecule has 0 bridgehead atoms. The number of aldehydes is 1. The van der Waals surface area contributed by atoms with Crippen LogP contribution in [-0.4, -0.2) is 37.5 Å².